The van der Waals surface area contributed by atoms with Crippen LogP contribution in [0, 0.1) is 0 Å². The van der Waals surface area contributed by atoms with Gasteiger partial charge in [-0.15, -0.1) is 0 Å². The molecule has 102 valence electrons. The fraction of sp³-hybridized carbons (Fsp3) is 0.571. The minimum absolute atomic E-state index is 0.342. The van der Waals surface area contributed by atoms with E-state index in [2.05, 4.69) is 35.1 Å². The topological polar surface area (TPSA) is 41.5 Å². The van der Waals surface area contributed by atoms with Gasteiger partial charge in [-0.2, -0.15) is 0 Å². The first-order chi connectivity index (χ1) is 8.52. The maximum absolute atomic E-state index is 9.47. The lowest BCUT2D eigenvalue weighted by molar-refractivity contribution is 0.104. The average molecular weight is 316 g/mol. The summed E-state index contributed by atoms with van der Waals surface area (Å²) in [6.07, 6.45) is 0.309. The maximum Gasteiger partial charge on any atom is 0.119 e. The molecule has 1 atom stereocenters. The Bertz CT molecular complexity index is 369. The minimum atomic E-state index is -0.397. The highest BCUT2D eigenvalue weighted by Crippen LogP contribution is 2.23. The Hall–Kier alpha value is -0.580. The van der Waals surface area contributed by atoms with Crippen molar-refractivity contribution >= 4 is 15.9 Å². The molecular formula is C14H22BrNO2. The highest BCUT2D eigenvalue weighted by atomic mass is 79.9. The van der Waals surface area contributed by atoms with Gasteiger partial charge in [-0.05, 0) is 30.2 Å². The number of aliphatic hydroxyl groups is 1. The predicted octanol–water partition coefficient (Wildman–Crippen LogP) is 3.10. The molecule has 0 aliphatic rings. The summed E-state index contributed by atoms with van der Waals surface area (Å²) in [5, 5.41) is 12.8. The van der Waals surface area contributed by atoms with E-state index in [1.54, 1.807) is 0 Å². The van der Waals surface area contributed by atoms with E-state index in [1.807, 2.05) is 25.1 Å². The van der Waals surface area contributed by atoms with Crippen molar-refractivity contribution in [2.45, 2.75) is 45.9 Å². The molecule has 1 rings (SSSR count). The molecule has 4 heteroatoms. The summed E-state index contributed by atoms with van der Waals surface area (Å²) >= 11 is 3.53. The van der Waals surface area contributed by atoms with E-state index in [9.17, 15) is 5.11 Å². The van der Waals surface area contributed by atoms with Crippen LogP contribution in [0.25, 0.3) is 0 Å². The normalized spacial score (nSPS) is 12.8. The standard InChI is InChI=1S/C14H22BrNO2/c1-4-12(17)9-18-13-5-6-14(15)11(7-13)8-16-10(2)3/h5-7,10,12,16-17H,4,8-9H2,1-3H3. The van der Waals surface area contributed by atoms with Crippen molar-refractivity contribution in [3.8, 4) is 5.75 Å². The molecule has 0 radical (unpaired) electrons. The van der Waals surface area contributed by atoms with Crippen molar-refractivity contribution in [2.75, 3.05) is 6.61 Å². The lowest BCUT2D eigenvalue weighted by Crippen LogP contribution is -2.22. The van der Waals surface area contributed by atoms with Crippen molar-refractivity contribution in [3.05, 3.63) is 28.2 Å². The Balaban J connectivity index is 2.62. The quantitative estimate of drug-likeness (QED) is 0.812. The predicted molar refractivity (Wildman–Crippen MR) is 77.9 cm³/mol. The smallest absolute Gasteiger partial charge is 0.119 e. The molecule has 0 aromatic heterocycles. The molecule has 1 aromatic rings. The van der Waals surface area contributed by atoms with E-state index in [-0.39, 0.29) is 0 Å². The molecule has 2 N–H and O–H groups in total. The van der Waals surface area contributed by atoms with Crippen molar-refractivity contribution in [2.24, 2.45) is 0 Å². The van der Waals surface area contributed by atoms with Gasteiger partial charge in [-0.1, -0.05) is 36.7 Å². The van der Waals surface area contributed by atoms with Crippen LogP contribution in [0.3, 0.4) is 0 Å². The largest absolute Gasteiger partial charge is 0.491 e. The minimum Gasteiger partial charge on any atom is -0.491 e. The summed E-state index contributed by atoms with van der Waals surface area (Å²) in [4.78, 5) is 0. The summed E-state index contributed by atoms with van der Waals surface area (Å²) < 4.78 is 6.63. The zero-order valence-electron chi connectivity index (χ0n) is 11.2. The molecule has 0 saturated heterocycles. The van der Waals surface area contributed by atoms with Gasteiger partial charge in [-0.25, -0.2) is 0 Å². The Morgan fingerprint density at radius 3 is 2.72 bits per heavy atom. The van der Waals surface area contributed by atoms with Gasteiger partial charge in [0.25, 0.3) is 0 Å². The summed E-state index contributed by atoms with van der Waals surface area (Å²) in [6.45, 7) is 7.31. The van der Waals surface area contributed by atoms with Crippen molar-refractivity contribution in [3.63, 3.8) is 0 Å². The molecule has 0 bridgehead atoms. The van der Waals surface area contributed by atoms with Gasteiger partial charge in [0.1, 0.15) is 12.4 Å². The summed E-state index contributed by atoms with van der Waals surface area (Å²) in [7, 11) is 0. The first kappa shape index (κ1) is 15.5. The lowest BCUT2D eigenvalue weighted by atomic mass is 10.2. The molecule has 0 aliphatic heterocycles. The second kappa shape index (κ2) is 7.77. The van der Waals surface area contributed by atoms with Crippen LogP contribution in [-0.4, -0.2) is 23.9 Å². The van der Waals surface area contributed by atoms with E-state index in [1.165, 1.54) is 0 Å². The van der Waals surface area contributed by atoms with Gasteiger partial charge in [0.15, 0.2) is 0 Å². The van der Waals surface area contributed by atoms with E-state index in [4.69, 9.17) is 4.74 Å². The molecule has 1 unspecified atom stereocenters. The molecule has 0 saturated carbocycles. The fourth-order valence-electron chi connectivity index (χ4n) is 1.40. The number of nitrogens with one attached hydrogen (secondary N) is 1. The van der Waals surface area contributed by atoms with Gasteiger partial charge in [0.05, 0.1) is 6.10 Å². The number of hydrogen-bond acceptors (Lipinski definition) is 3. The number of halogens is 1. The van der Waals surface area contributed by atoms with Crippen LogP contribution in [-0.2, 0) is 6.54 Å². The fourth-order valence-corrected chi connectivity index (χ4v) is 1.79. The van der Waals surface area contributed by atoms with E-state index >= 15 is 0 Å². The number of ether oxygens (including phenoxy) is 1. The van der Waals surface area contributed by atoms with Crippen molar-refractivity contribution < 1.29 is 9.84 Å². The zero-order chi connectivity index (χ0) is 13.5. The third-order valence-corrected chi connectivity index (χ3v) is 3.41. The molecule has 0 aliphatic carbocycles. The number of aliphatic hydroxyl groups excluding tert-OH is 1. The van der Waals surface area contributed by atoms with Crippen LogP contribution in [0.15, 0.2) is 22.7 Å². The van der Waals surface area contributed by atoms with Crippen LogP contribution in [0.2, 0.25) is 0 Å². The van der Waals surface area contributed by atoms with Crippen LogP contribution >= 0.6 is 15.9 Å². The van der Waals surface area contributed by atoms with Crippen LogP contribution in [0.1, 0.15) is 32.8 Å². The maximum atomic E-state index is 9.47. The second-order valence-electron chi connectivity index (χ2n) is 4.66. The van der Waals surface area contributed by atoms with Gasteiger partial charge in [0.2, 0.25) is 0 Å². The van der Waals surface area contributed by atoms with E-state index < -0.39 is 6.10 Å². The highest BCUT2D eigenvalue weighted by Gasteiger charge is 2.06. The molecule has 1 aromatic carbocycles. The monoisotopic (exact) mass is 315 g/mol. The van der Waals surface area contributed by atoms with Gasteiger partial charge >= 0.3 is 0 Å². The van der Waals surface area contributed by atoms with Crippen molar-refractivity contribution in [1.29, 1.82) is 0 Å². The molecule has 3 nitrogen and oxygen atoms in total. The molecule has 0 fully saturated rings. The summed E-state index contributed by atoms with van der Waals surface area (Å²) in [6, 6.07) is 6.33. The third-order valence-electron chi connectivity index (χ3n) is 2.63. The van der Waals surface area contributed by atoms with E-state index in [0.29, 0.717) is 19.1 Å². The Morgan fingerprint density at radius 1 is 1.39 bits per heavy atom. The van der Waals surface area contributed by atoms with Crippen LogP contribution in [0.4, 0.5) is 0 Å². The number of rotatable bonds is 7. The summed E-state index contributed by atoms with van der Waals surface area (Å²) in [5.41, 5.74) is 1.16. The number of benzene rings is 1. The average Bonchev–Trinajstić information content (AvgIpc) is 2.35. The first-order valence-corrected chi connectivity index (χ1v) is 7.15. The first-order valence-electron chi connectivity index (χ1n) is 6.35. The summed E-state index contributed by atoms with van der Waals surface area (Å²) in [5.74, 6) is 0.797. The van der Waals surface area contributed by atoms with Gasteiger partial charge in [-0.3, -0.25) is 0 Å². The second-order valence-corrected chi connectivity index (χ2v) is 5.52. The zero-order valence-corrected chi connectivity index (χ0v) is 12.8. The molecule has 0 spiro atoms. The molecule has 0 heterocycles. The molecular weight excluding hydrogens is 294 g/mol. The van der Waals surface area contributed by atoms with E-state index in [0.717, 1.165) is 22.3 Å². The van der Waals surface area contributed by atoms with Crippen LogP contribution < -0.4 is 10.1 Å². The van der Waals surface area contributed by atoms with Gasteiger partial charge in [0, 0.05) is 17.1 Å². The van der Waals surface area contributed by atoms with Crippen molar-refractivity contribution in [1.82, 2.24) is 5.32 Å². The van der Waals surface area contributed by atoms with Crippen LogP contribution in [0.5, 0.6) is 5.75 Å². The Morgan fingerprint density at radius 2 is 2.11 bits per heavy atom. The Labute approximate surface area is 118 Å². The molecule has 0 amide bonds. The lowest BCUT2D eigenvalue weighted by Gasteiger charge is -2.13. The highest BCUT2D eigenvalue weighted by molar-refractivity contribution is 9.10. The number of hydrogen-bond donors (Lipinski definition) is 2. The Kier molecular flexibility index (Phi) is 6.68. The SMILES string of the molecule is CCC(O)COc1ccc(Br)c(CNC(C)C)c1. The van der Waals surface area contributed by atoms with Gasteiger partial charge < -0.3 is 15.2 Å². The third kappa shape index (κ3) is 5.38. The molecule has 18 heavy (non-hydrogen) atoms.